The smallest absolute Gasteiger partial charge is 0.350 e. The van der Waals surface area contributed by atoms with Crippen molar-refractivity contribution in [3.05, 3.63) is 27.2 Å². The fourth-order valence-corrected chi connectivity index (χ4v) is 4.13. The molecule has 0 amide bonds. The van der Waals surface area contributed by atoms with Crippen LogP contribution >= 0.6 is 11.3 Å². The summed E-state index contributed by atoms with van der Waals surface area (Å²) in [6, 6.07) is -0.149. The molecule has 11 heteroatoms. The normalized spacial score (nSPS) is 17.6. The quantitative estimate of drug-likeness (QED) is 0.357. The SMILES string of the molecule is CCOC(=O)c1sc(C(C)NC(=NCc2nnc(C)n2C)NCC2CCCO2)nc1C. The Hall–Kier alpha value is -2.53. The summed E-state index contributed by atoms with van der Waals surface area (Å²) in [7, 11) is 1.92. The Morgan fingerprint density at radius 1 is 1.42 bits per heavy atom. The largest absolute Gasteiger partial charge is 0.462 e. The third-order valence-electron chi connectivity index (χ3n) is 5.08. The van der Waals surface area contributed by atoms with Gasteiger partial charge in [0.2, 0.25) is 0 Å². The van der Waals surface area contributed by atoms with Crippen molar-refractivity contribution < 1.29 is 14.3 Å². The van der Waals surface area contributed by atoms with Crippen LogP contribution in [0.4, 0.5) is 0 Å². The number of carbonyl (C=O) groups is 1. The van der Waals surface area contributed by atoms with E-state index in [2.05, 4.69) is 30.8 Å². The number of carbonyl (C=O) groups excluding carboxylic acids is 1. The summed E-state index contributed by atoms with van der Waals surface area (Å²) in [4.78, 5) is 21.9. The van der Waals surface area contributed by atoms with Gasteiger partial charge in [-0.15, -0.1) is 21.5 Å². The number of thiazole rings is 1. The standard InChI is InChI=1S/C20H31N7O3S/c1-6-29-19(28)17-12(2)23-18(31-17)13(3)24-20(21-10-15-8-7-9-30-15)22-11-16-26-25-14(4)27(16)5/h13,15H,6-11H2,1-5H3,(H2,21,22,24). The van der Waals surface area contributed by atoms with Gasteiger partial charge in [-0.1, -0.05) is 0 Å². The molecule has 1 aliphatic heterocycles. The Balaban J connectivity index is 1.71. The third kappa shape index (κ3) is 6.01. The highest BCUT2D eigenvalue weighted by Crippen LogP contribution is 2.24. The Bertz CT molecular complexity index is 918. The van der Waals surface area contributed by atoms with E-state index in [0.717, 1.165) is 36.1 Å². The van der Waals surface area contributed by atoms with Crippen LogP contribution < -0.4 is 10.6 Å². The number of aliphatic imine (C=N–C) groups is 1. The van der Waals surface area contributed by atoms with E-state index in [4.69, 9.17) is 9.47 Å². The minimum Gasteiger partial charge on any atom is -0.462 e. The Morgan fingerprint density at radius 2 is 2.23 bits per heavy atom. The molecule has 2 aromatic rings. The van der Waals surface area contributed by atoms with E-state index < -0.39 is 0 Å². The van der Waals surface area contributed by atoms with Crippen LogP contribution in [-0.4, -0.2) is 57.5 Å². The number of rotatable bonds is 8. The Morgan fingerprint density at radius 3 is 2.87 bits per heavy atom. The average molecular weight is 450 g/mol. The number of ether oxygens (including phenoxy) is 2. The Labute approximate surface area is 186 Å². The maximum atomic E-state index is 12.1. The lowest BCUT2D eigenvalue weighted by Gasteiger charge is -2.18. The highest BCUT2D eigenvalue weighted by atomic mass is 32.1. The molecule has 1 fully saturated rings. The van der Waals surface area contributed by atoms with Crippen molar-refractivity contribution in [3.8, 4) is 0 Å². The predicted molar refractivity (Wildman–Crippen MR) is 118 cm³/mol. The van der Waals surface area contributed by atoms with Crippen molar-refractivity contribution in [2.45, 2.75) is 59.2 Å². The van der Waals surface area contributed by atoms with E-state index in [1.165, 1.54) is 11.3 Å². The van der Waals surface area contributed by atoms with Crippen LogP contribution in [0.3, 0.4) is 0 Å². The number of esters is 1. The van der Waals surface area contributed by atoms with Crippen LogP contribution in [0.2, 0.25) is 0 Å². The van der Waals surface area contributed by atoms with E-state index in [0.29, 0.717) is 36.2 Å². The van der Waals surface area contributed by atoms with Crippen molar-refractivity contribution in [1.82, 2.24) is 30.4 Å². The number of nitrogens with one attached hydrogen (secondary N) is 2. The summed E-state index contributed by atoms with van der Waals surface area (Å²) in [5.74, 6) is 1.91. The van der Waals surface area contributed by atoms with Crippen LogP contribution in [0.1, 0.15) is 64.8 Å². The maximum Gasteiger partial charge on any atom is 0.350 e. The van der Waals surface area contributed by atoms with Gasteiger partial charge in [0, 0.05) is 20.2 Å². The predicted octanol–water partition coefficient (Wildman–Crippen LogP) is 2.04. The van der Waals surface area contributed by atoms with Gasteiger partial charge in [-0.05, 0) is 40.5 Å². The van der Waals surface area contributed by atoms with Crippen LogP contribution in [0.5, 0.6) is 0 Å². The van der Waals surface area contributed by atoms with Gasteiger partial charge < -0.3 is 24.7 Å². The lowest BCUT2D eigenvalue weighted by Crippen LogP contribution is -2.42. The first-order valence-corrected chi connectivity index (χ1v) is 11.4. The second kappa shape index (κ2) is 10.7. The molecular weight excluding hydrogens is 418 g/mol. The van der Waals surface area contributed by atoms with Gasteiger partial charge in [0.25, 0.3) is 0 Å². The van der Waals surface area contributed by atoms with Crippen LogP contribution in [0.25, 0.3) is 0 Å². The zero-order valence-electron chi connectivity index (χ0n) is 18.8. The number of aryl methyl sites for hydroxylation is 2. The molecule has 3 heterocycles. The van der Waals surface area contributed by atoms with Crippen molar-refractivity contribution >= 4 is 23.3 Å². The second-order valence-corrected chi connectivity index (χ2v) is 8.49. The molecule has 0 bridgehead atoms. The molecule has 0 aliphatic carbocycles. The monoisotopic (exact) mass is 449 g/mol. The highest BCUT2D eigenvalue weighted by Gasteiger charge is 2.21. The van der Waals surface area contributed by atoms with Gasteiger partial charge in [0.15, 0.2) is 11.8 Å². The number of aromatic nitrogens is 4. The van der Waals surface area contributed by atoms with E-state index >= 15 is 0 Å². The third-order valence-corrected chi connectivity index (χ3v) is 6.40. The first-order valence-electron chi connectivity index (χ1n) is 10.5. The zero-order chi connectivity index (χ0) is 22.4. The molecule has 3 rings (SSSR count). The molecule has 1 aliphatic rings. The van der Waals surface area contributed by atoms with Gasteiger partial charge in [-0.3, -0.25) is 0 Å². The molecule has 0 radical (unpaired) electrons. The Kier molecular flexibility index (Phi) is 7.97. The fraction of sp³-hybridized carbons (Fsp3) is 0.650. The molecule has 1 saturated heterocycles. The van der Waals surface area contributed by atoms with Crippen LogP contribution in [0, 0.1) is 13.8 Å². The van der Waals surface area contributed by atoms with Gasteiger partial charge in [0.1, 0.15) is 22.3 Å². The molecule has 31 heavy (non-hydrogen) atoms. The summed E-state index contributed by atoms with van der Waals surface area (Å²) < 4.78 is 12.8. The fourth-order valence-electron chi connectivity index (χ4n) is 3.16. The van der Waals surface area contributed by atoms with E-state index in [1.54, 1.807) is 6.92 Å². The number of nitrogens with zero attached hydrogens (tertiary/aromatic N) is 5. The number of hydrogen-bond acceptors (Lipinski definition) is 8. The van der Waals surface area contributed by atoms with Crippen LogP contribution in [-0.2, 0) is 23.1 Å². The van der Waals surface area contributed by atoms with E-state index in [1.807, 2.05) is 32.4 Å². The summed E-state index contributed by atoms with van der Waals surface area (Å²) in [6.45, 7) is 9.70. The van der Waals surface area contributed by atoms with E-state index in [9.17, 15) is 4.79 Å². The summed E-state index contributed by atoms with van der Waals surface area (Å²) >= 11 is 1.34. The molecular formula is C20H31N7O3S. The topological polar surface area (TPSA) is 116 Å². The summed E-state index contributed by atoms with van der Waals surface area (Å²) in [6.07, 6.45) is 2.29. The molecule has 10 nitrogen and oxygen atoms in total. The average Bonchev–Trinajstić information content (AvgIpc) is 3.47. The minimum atomic E-state index is -0.334. The van der Waals surface area contributed by atoms with Crippen LogP contribution in [0.15, 0.2) is 4.99 Å². The lowest BCUT2D eigenvalue weighted by atomic mass is 10.2. The van der Waals surface area contributed by atoms with E-state index in [-0.39, 0.29) is 18.1 Å². The van der Waals surface area contributed by atoms with Crippen molar-refractivity contribution in [1.29, 1.82) is 0 Å². The first kappa shape index (κ1) is 23.1. The molecule has 0 aromatic carbocycles. The summed E-state index contributed by atoms with van der Waals surface area (Å²) in [5, 5.41) is 15.8. The lowest BCUT2D eigenvalue weighted by molar-refractivity contribution is 0.0531. The number of guanidine groups is 1. The zero-order valence-corrected chi connectivity index (χ0v) is 19.6. The maximum absolute atomic E-state index is 12.1. The van der Waals surface area contributed by atoms with Gasteiger partial charge in [-0.25, -0.2) is 14.8 Å². The molecule has 0 spiro atoms. The van der Waals surface area contributed by atoms with Gasteiger partial charge in [0.05, 0.1) is 24.4 Å². The van der Waals surface area contributed by atoms with Crippen molar-refractivity contribution in [2.24, 2.45) is 12.0 Å². The van der Waals surface area contributed by atoms with Crippen molar-refractivity contribution in [3.63, 3.8) is 0 Å². The highest BCUT2D eigenvalue weighted by molar-refractivity contribution is 7.13. The molecule has 2 aromatic heterocycles. The molecule has 2 atom stereocenters. The minimum absolute atomic E-state index is 0.149. The van der Waals surface area contributed by atoms with Gasteiger partial charge >= 0.3 is 5.97 Å². The van der Waals surface area contributed by atoms with Gasteiger partial charge in [-0.2, -0.15) is 0 Å². The first-order chi connectivity index (χ1) is 14.9. The molecule has 0 saturated carbocycles. The number of hydrogen-bond donors (Lipinski definition) is 2. The molecule has 2 unspecified atom stereocenters. The summed E-state index contributed by atoms with van der Waals surface area (Å²) in [5.41, 5.74) is 0.674. The molecule has 170 valence electrons. The molecule has 2 N–H and O–H groups in total. The second-order valence-electron chi connectivity index (χ2n) is 7.46. The van der Waals surface area contributed by atoms with Crippen molar-refractivity contribution in [2.75, 3.05) is 19.8 Å².